The van der Waals surface area contributed by atoms with Crippen molar-refractivity contribution in [1.29, 1.82) is 0 Å². The molecule has 0 aromatic carbocycles. The second-order valence-electron chi connectivity index (χ2n) is 4.05. The summed E-state index contributed by atoms with van der Waals surface area (Å²) in [6, 6.07) is 3.04. The number of hydrogen-bond donors (Lipinski definition) is 3. The number of aliphatic carboxylic acids is 2. The molecule has 0 spiro atoms. The quantitative estimate of drug-likeness (QED) is 0.605. The fraction of sp³-hybridized carbons (Fsp3) is 0.364. The fourth-order valence-electron chi connectivity index (χ4n) is 1.68. The van der Waals surface area contributed by atoms with Crippen molar-refractivity contribution in [3.8, 4) is 0 Å². The summed E-state index contributed by atoms with van der Waals surface area (Å²) in [4.78, 5) is 34.6. The third kappa shape index (κ3) is 4.65. The molecule has 0 saturated heterocycles. The maximum atomic E-state index is 11.4. The Kier molecular flexibility index (Phi) is 5.69. The molecule has 3 N–H and O–H groups in total. The van der Waals surface area contributed by atoms with Gasteiger partial charge in [0.15, 0.2) is 0 Å². The lowest BCUT2D eigenvalue weighted by Gasteiger charge is -2.22. The minimum absolute atomic E-state index is 0.236. The van der Waals surface area contributed by atoms with E-state index in [1.165, 1.54) is 24.5 Å². The Morgan fingerprint density at radius 2 is 1.90 bits per heavy atom. The summed E-state index contributed by atoms with van der Waals surface area (Å²) in [5.74, 6) is -2.71. The zero-order valence-corrected chi connectivity index (χ0v) is 11.2. The Labute approximate surface area is 115 Å². The second kappa shape index (κ2) is 7.04. The van der Waals surface area contributed by atoms with E-state index in [2.05, 4.69) is 9.51 Å². The van der Waals surface area contributed by atoms with E-state index >= 15 is 0 Å². The largest absolute Gasteiger partial charge is 0.695 e. The SMILES string of the molecule is O=C(O)CCC(Cc1ccncc1)(O[P+](=O)O)C(=O)O. The normalized spacial score (nSPS) is 14.3. The van der Waals surface area contributed by atoms with Gasteiger partial charge in [-0.1, -0.05) is 0 Å². The summed E-state index contributed by atoms with van der Waals surface area (Å²) in [6.45, 7) is 0. The van der Waals surface area contributed by atoms with Crippen LogP contribution in [0.25, 0.3) is 0 Å². The molecule has 1 rings (SSSR count). The first-order valence-electron chi connectivity index (χ1n) is 5.55. The first-order valence-corrected chi connectivity index (χ1v) is 6.68. The predicted octanol–water partition coefficient (Wildman–Crippen LogP) is 0.979. The molecule has 2 atom stereocenters. The third-order valence-electron chi connectivity index (χ3n) is 2.62. The molecular weight excluding hydrogens is 289 g/mol. The fourth-order valence-corrected chi connectivity index (χ4v) is 2.21. The highest BCUT2D eigenvalue weighted by Crippen LogP contribution is 2.33. The summed E-state index contributed by atoms with van der Waals surface area (Å²) in [5.41, 5.74) is -1.56. The van der Waals surface area contributed by atoms with Crippen molar-refractivity contribution in [2.45, 2.75) is 24.9 Å². The molecule has 20 heavy (non-hydrogen) atoms. The van der Waals surface area contributed by atoms with Crippen molar-refractivity contribution in [3.05, 3.63) is 30.1 Å². The van der Waals surface area contributed by atoms with Gasteiger partial charge in [0.2, 0.25) is 5.60 Å². The molecule has 0 saturated carbocycles. The number of hydrogen-bond acceptors (Lipinski definition) is 5. The van der Waals surface area contributed by atoms with Crippen LogP contribution in [0.1, 0.15) is 18.4 Å². The van der Waals surface area contributed by atoms with Gasteiger partial charge in [-0.2, -0.15) is 0 Å². The Morgan fingerprint density at radius 1 is 1.30 bits per heavy atom. The Hall–Kier alpha value is -1.89. The molecule has 0 aliphatic carbocycles. The molecular formula is C11H13NO7P+. The van der Waals surface area contributed by atoms with E-state index in [4.69, 9.17) is 10.00 Å². The van der Waals surface area contributed by atoms with Crippen molar-refractivity contribution in [2.24, 2.45) is 0 Å². The molecule has 0 aliphatic heterocycles. The van der Waals surface area contributed by atoms with E-state index in [0.717, 1.165) is 0 Å². The van der Waals surface area contributed by atoms with E-state index in [1.807, 2.05) is 0 Å². The highest BCUT2D eigenvalue weighted by Gasteiger charge is 2.48. The van der Waals surface area contributed by atoms with Crippen LogP contribution in [-0.2, 0) is 25.1 Å². The summed E-state index contributed by atoms with van der Waals surface area (Å²) >= 11 is 0. The number of aromatic nitrogens is 1. The van der Waals surface area contributed by atoms with Crippen molar-refractivity contribution in [1.82, 2.24) is 4.98 Å². The van der Waals surface area contributed by atoms with E-state index in [9.17, 15) is 19.3 Å². The van der Waals surface area contributed by atoms with Crippen LogP contribution in [0, 0.1) is 0 Å². The highest BCUT2D eigenvalue weighted by atomic mass is 31.1. The molecule has 8 nitrogen and oxygen atoms in total. The minimum Gasteiger partial charge on any atom is -0.481 e. The average molecular weight is 302 g/mol. The van der Waals surface area contributed by atoms with Crippen molar-refractivity contribution in [3.63, 3.8) is 0 Å². The zero-order chi connectivity index (χ0) is 15.2. The summed E-state index contributed by atoms with van der Waals surface area (Å²) in [6.07, 6.45) is 1.69. The Morgan fingerprint density at radius 3 is 2.35 bits per heavy atom. The predicted molar refractivity (Wildman–Crippen MR) is 66.1 cm³/mol. The molecule has 0 radical (unpaired) electrons. The highest BCUT2D eigenvalue weighted by molar-refractivity contribution is 7.32. The topological polar surface area (TPSA) is 134 Å². The molecule has 9 heteroatoms. The molecule has 0 aliphatic rings. The molecule has 2 unspecified atom stereocenters. The van der Waals surface area contributed by atoms with Crippen molar-refractivity contribution in [2.75, 3.05) is 0 Å². The summed E-state index contributed by atoms with van der Waals surface area (Å²) in [7, 11) is -3.19. The van der Waals surface area contributed by atoms with Crippen LogP contribution in [0.2, 0.25) is 0 Å². The molecule has 1 aromatic rings. The van der Waals surface area contributed by atoms with Crippen LogP contribution in [0.3, 0.4) is 0 Å². The second-order valence-corrected chi connectivity index (χ2v) is 4.71. The lowest BCUT2D eigenvalue weighted by Crippen LogP contribution is -2.42. The van der Waals surface area contributed by atoms with E-state index < -0.39 is 38.6 Å². The molecule has 1 aromatic heterocycles. The molecule has 0 amide bonds. The number of carboxylic acid groups (broad SMARTS) is 2. The molecule has 108 valence electrons. The first-order chi connectivity index (χ1) is 9.35. The molecule has 0 bridgehead atoms. The van der Waals surface area contributed by atoms with Gasteiger partial charge in [0.05, 0.1) is 0 Å². The van der Waals surface area contributed by atoms with Crippen LogP contribution in [-0.4, -0.2) is 37.6 Å². The lowest BCUT2D eigenvalue weighted by atomic mass is 9.90. The van der Waals surface area contributed by atoms with Crippen LogP contribution >= 0.6 is 8.25 Å². The maximum absolute atomic E-state index is 11.4. The Balaban J connectivity index is 3.04. The summed E-state index contributed by atoms with van der Waals surface area (Å²) in [5, 5.41) is 17.9. The molecule has 1 heterocycles. The Bertz CT molecular complexity index is 507. The van der Waals surface area contributed by atoms with Gasteiger partial charge < -0.3 is 10.2 Å². The van der Waals surface area contributed by atoms with Crippen LogP contribution in [0.4, 0.5) is 0 Å². The van der Waals surface area contributed by atoms with Gasteiger partial charge in [-0.05, 0) is 17.7 Å². The smallest absolute Gasteiger partial charge is 0.481 e. The van der Waals surface area contributed by atoms with E-state index in [1.54, 1.807) is 0 Å². The van der Waals surface area contributed by atoms with Gasteiger partial charge in [-0.15, -0.1) is 9.42 Å². The van der Waals surface area contributed by atoms with E-state index in [0.29, 0.717) is 5.56 Å². The van der Waals surface area contributed by atoms with Gasteiger partial charge in [0.25, 0.3) is 0 Å². The van der Waals surface area contributed by atoms with Crippen molar-refractivity contribution >= 4 is 20.2 Å². The number of pyridine rings is 1. The number of nitrogens with zero attached hydrogens (tertiary/aromatic N) is 1. The van der Waals surface area contributed by atoms with Gasteiger partial charge in [-0.3, -0.25) is 9.78 Å². The number of carboxylic acids is 2. The standard InChI is InChI=1S/C11H12NO7P/c13-9(14)1-4-11(10(15)16,19-20(17)18)7-8-2-5-12-6-3-8/h2-3,5-6H,1,4,7H2,(H2-,13,14,15,16,17,18)/p+1. The average Bonchev–Trinajstić information content (AvgIpc) is 2.36. The summed E-state index contributed by atoms with van der Waals surface area (Å²) < 4.78 is 15.5. The monoisotopic (exact) mass is 302 g/mol. The van der Waals surface area contributed by atoms with Gasteiger partial charge in [0.1, 0.15) is 0 Å². The number of carbonyl (C=O) groups is 2. The van der Waals surface area contributed by atoms with Gasteiger partial charge in [-0.25, -0.2) is 4.79 Å². The van der Waals surface area contributed by atoms with Crippen LogP contribution in [0.5, 0.6) is 0 Å². The third-order valence-corrected chi connectivity index (χ3v) is 3.13. The molecule has 0 fully saturated rings. The van der Waals surface area contributed by atoms with Crippen LogP contribution in [0.15, 0.2) is 24.5 Å². The zero-order valence-electron chi connectivity index (χ0n) is 10.3. The van der Waals surface area contributed by atoms with E-state index in [-0.39, 0.29) is 6.42 Å². The maximum Gasteiger partial charge on any atom is 0.695 e. The number of rotatable bonds is 8. The first kappa shape index (κ1) is 16.2. The minimum atomic E-state index is -3.19. The van der Waals surface area contributed by atoms with Crippen LogP contribution < -0.4 is 0 Å². The lowest BCUT2D eigenvalue weighted by molar-refractivity contribution is -0.157. The van der Waals surface area contributed by atoms with Gasteiger partial charge in [0, 0.05) is 36.2 Å². The van der Waals surface area contributed by atoms with Gasteiger partial charge >= 0.3 is 20.2 Å². The van der Waals surface area contributed by atoms with Crippen molar-refractivity contribution < 1.29 is 33.8 Å².